The van der Waals surface area contributed by atoms with E-state index in [1.165, 1.54) is 12.1 Å². The molecule has 0 bridgehead atoms. The van der Waals surface area contributed by atoms with Crippen LogP contribution in [0.4, 0.5) is 8.78 Å². The molecule has 2 heterocycles. The Hall–Kier alpha value is -3.12. The van der Waals surface area contributed by atoms with Crippen molar-refractivity contribution in [3.05, 3.63) is 87.8 Å². The number of aromatic nitrogens is 3. The molecule has 4 nitrogen and oxygen atoms in total. The van der Waals surface area contributed by atoms with Gasteiger partial charge in [0.1, 0.15) is 11.6 Å². The van der Waals surface area contributed by atoms with Gasteiger partial charge in [-0.3, -0.25) is 4.79 Å². The van der Waals surface area contributed by atoms with Crippen molar-refractivity contribution in [2.45, 2.75) is 32.1 Å². The Morgan fingerprint density at radius 2 is 1.81 bits per heavy atom. The Morgan fingerprint density at radius 1 is 1.10 bits per heavy atom. The number of carbonyl (C=O) groups excluding carboxylic acids is 1. The fraction of sp³-hybridized carbons (Fsp3) is 0.208. The molecule has 0 saturated heterocycles. The molecule has 4 aromatic rings. The van der Waals surface area contributed by atoms with E-state index in [-0.39, 0.29) is 18.1 Å². The molecule has 7 heteroatoms. The topological polar surface area (TPSA) is 47.3 Å². The van der Waals surface area contributed by atoms with Crippen LogP contribution in [0.1, 0.15) is 46.6 Å². The SMILES string of the molecule is CCc1nn2cc3c(nc2c1-c1ccc(Cl)cc1)CC(c1cc(F)cc(F)c1)CC3=O. The molecule has 0 radical (unpaired) electrons. The minimum absolute atomic E-state index is 0.105. The average Bonchev–Trinajstić information content (AvgIpc) is 3.10. The summed E-state index contributed by atoms with van der Waals surface area (Å²) in [6, 6.07) is 10.9. The molecule has 156 valence electrons. The fourth-order valence-corrected chi connectivity index (χ4v) is 4.41. The molecule has 0 aliphatic heterocycles. The van der Waals surface area contributed by atoms with Crippen LogP contribution in [0.15, 0.2) is 48.7 Å². The number of ketones is 1. The van der Waals surface area contributed by atoms with Gasteiger partial charge in [0.2, 0.25) is 0 Å². The Morgan fingerprint density at radius 3 is 2.48 bits per heavy atom. The number of halogens is 3. The summed E-state index contributed by atoms with van der Waals surface area (Å²) in [5.41, 5.74) is 4.96. The van der Waals surface area contributed by atoms with Gasteiger partial charge < -0.3 is 0 Å². The molecule has 31 heavy (non-hydrogen) atoms. The lowest BCUT2D eigenvalue weighted by Gasteiger charge is -2.23. The van der Waals surface area contributed by atoms with Crippen LogP contribution in [0.25, 0.3) is 16.8 Å². The summed E-state index contributed by atoms with van der Waals surface area (Å²) < 4.78 is 29.1. The molecule has 0 saturated carbocycles. The van der Waals surface area contributed by atoms with Crippen LogP contribution in [0, 0.1) is 11.6 Å². The van der Waals surface area contributed by atoms with Crippen molar-refractivity contribution >= 4 is 23.0 Å². The summed E-state index contributed by atoms with van der Waals surface area (Å²) in [6.07, 6.45) is 3.02. The van der Waals surface area contributed by atoms with E-state index in [0.717, 1.165) is 22.9 Å². The first-order chi connectivity index (χ1) is 14.9. The lowest BCUT2D eigenvalue weighted by atomic mass is 9.82. The van der Waals surface area contributed by atoms with Gasteiger partial charge in [0.15, 0.2) is 11.4 Å². The Balaban J connectivity index is 1.64. The molecule has 1 atom stereocenters. The van der Waals surface area contributed by atoms with Gasteiger partial charge in [-0.2, -0.15) is 5.10 Å². The number of fused-ring (bicyclic) bond motifs is 2. The van der Waals surface area contributed by atoms with Crippen molar-refractivity contribution in [3.63, 3.8) is 0 Å². The number of carbonyl (C=O) groups is 1. The van der Waals surface area contributed by atoms with Crippen LogP contribution >= 0.6 is 11.6 Å². The zero-order valence-electron chi connectivity index (χ0n) is 16.7. The number of aryl methyl sites for hydroxylation is 1. The van der Waals surface area contributed by atoms with Gasteiger partial charge in [-0.15, -0.1) is 0 Å². The van der Waals surface area contributed by atoms with E-state index in [2.05, 4.69) is 5.10 Å². The lowest BCUT2D eigenvalue weighted by Crippen LogP contribution is -2.21. The van der Waals surface area contributed by atoms with Crippen molar-refractivity contribution in [2.75, 3.05) is 0 Å². The second kappa shape index (κ2) is 7.54. The van der Waals surface area contributed by atoms with E-state index in [1.807, 2.05) is 31.2 Å². The molecule has 2 aromatic heterocycles. The molecule has 0 N–H and O–H groups in total. The maximum absolute atomic E-state index is 13.7. The van der Waals surface area contributed by atoms with Crippen LogP contribution in [-0.2, 0) is 12.8 Å². The predicted octanol–water partition coefficient (Wildman–Crippen LogP) is 5.80. The third-order valence-electron chi connectivity index (χ3n) is 5.76. The highest BCUT2D eigenvalue weighted by Gasteiger charge is 2.30. The Kier molecular flexibility index (Phi) is 4.82. The summed E-state index contributed by atoms with van der Waals surface area (Å²) in [6.45, 7) is 2.01. The summed E-state index contributed by atoms with van der Waals surface area (Å²) in [5, 5.41) is 5.28. The molecule has 0 fully saturated rings. The van der Waals surface area contributed by atoms with E-state index in [1.54, 1.807) is 10.7 Å². The zero-order chi connectivity index (χ0) is 21.7. The first-order valence-corrected chi connectivity index (χ1v) is 10.5. The zero-order valence-corrected chi connectivity index (χ0v) is 17.5. The Bertz CT molecular complexity index is 1310. The smallest absolute Gasteiger partial charge is 0.166 e. The first-order valence-electron chi connectivity index (χ1n) is 10.1. The highest BCUT2D eigenvalue weighted by molar-refractivity contribution is 6.30. The van der Waals surface area contributed by atoms with Crippen LogP contribution in [-0.4, -0.2) is 20.4 Å². The monoisotopic (exact) mass is 437 g/mol. The van der Waals surface area contributed by atoms with E-state index in [9.17, 15) is 13.6 Å². The number of hydrogen-bond donors (Lipinski definition) is 0. The number of nitrogens with zero attached hydrogens (tertiary/aromatic N) is 3. The summed E-state index contributed by atoms with van der Waals surface area (Å²) >= 11 is 6.05. The molecule has 1 unspecified atom stereocenters. The maximum atomic E-state index is 13.7. The number of hydrogen-bond acceptors (Lipinski definition) is 3. The van der Waals surface area contributed by atoms with E-state index in [4.69, 9.17) is 16.6 Å². The predicted molar refractivity (Wildman–Crippen MR) is 115 cm³/mol. The van der Waals surface area contributed by atoms with Gasteiger partial charge in [-0.1, -0.05) is 30.7 Å². The van der Waals surface area contributed by atoms with Crippen molar-refractivity contribution in [2.24, 2.45) is 0 Å². The molecule has 2 aromatic carbocycles. The maximum Gasteiger partial charge on any atom is 0.166 e. The van der Waals surface area contributed by atoms with Crippen molar-refractivity contribution in [1.29, 1.82) is 0 Å². The minimum Gasteiger partial charge on any atom is -0.294 e. The van der Waals surface area contributed by atoms with E-state index >= 15 is 0 Å². The average molecular weight is 438 g/mol. The summed E-state index contributed by atoms with van der Waals surface area (Å²) in [4.78, 5) is 17.7. The lowest BCUT2D eigenvalue weighted by molar-refractivity contribution is 0.0962. The third-order valence-corrected chi connectivity index (χ3v) is 6.01. The van der Waals surface area contributed by atoms with Gasteiger partial charge in [-0.25, -0.2) is 18.3 Å². The molecular weight excluding hydrogens is 420 g/mol. The second-order valence-electron chi connectivity index (χ2n) is 7.78. The van der Waals surface area contributed by atoms with Crippen LogP contribution < -0.4 is 0 Å². The summed E-state index contributed by atoms with van der Waals surface area (Å²) in [7, 11) is 0. The molecule has 1 aliphatic carbocycles. The number of rotatable bonds is 3. The standard InChI is InChI=1S/C24H18ClF2N3O/c1-2-20-23(13-3-5-16(25)6-4-13)24-28-21-9-15(14-7-17(26)11-18(27)8-14)10-22(31)19(21)12-30(24)29-20/h3-8,11-12,15H,2,9-10H2,1H3. The van der Waals surface area contributed by atoms with Crippen molar-refractivity contribution in [3.8, 4) is 11.1 Å². The van der Waals surface area contributed by atoms with Gasteiger partial charge >= 0.3 is 0 Å². The minimum atomic E-state index is -0.648. The normalized spacial score (nSPS) is 16.0. The van der Waals surface area contributed by atoms with Crippen LogP contribution in [0.2, 0.25) is 5.02 Å². The van der Waals surface area contributed by atoms with Crippen molar-refractivity contribution in [1.82, 2.24) is 14.6 Å². The van der Waals surface area contributed by atoms with Gasteiger partial charge in [-0.05, 0) is 54.2 Å². The van der Waals surface area contributed by atoms with Gasteiger partial charge in [0.05, 0.1) is 17.0 Å². The second-order valence-corrected chi connectivity index (χ2v) is 8.22. The quantitative estimate of drug-likeness (QED) is 0.406. The van der Waals surface area contributed by atoms with E-state index in [0.29, 0.717) is 40.3 Å². The molecule has 1 aliphatic rings. The van der Waals surface area contributed by atoms with Crippen LogP contribution in [0.5, 0.6) is 0 Å². The summed E-state index contributed by atoms with van der Waals surface area (Å²) in [5.74, 6) is -1.73. The van der Waals surface area contributed by atoms with Gasteiger partial charge in [0, 0.05) is 29.3 Å². The number of Topliss-reactive ketones (excluding diaryl/α,β-unsaturated/α-hetero) is 1. The van der Waals surface area contributed by atoms with Crippen LogP contribution in [0.3, 0.4) is 0 Å². The molecule has 5 rings (SSSR count). The highest BCUT2D eigenvalue weighted by atomic mass is 35.5. The molecule has 0 spiro atoms. The highest BCUT2D eigenvalue weighted by Crippen LogP contribution is 2.35. The molecule has 0 amide bonds. The Labute approximate surface area is 182 Å². The first kappa shape index (κ1) is 19.8. The van der Waals surface area contributed by atoms with Crippen molar-refractivity contribution < 1.29 is 13.6 Å². The largest absolute Gasteiger partial charge is 0.294 e. The fourth-order valence-electron chi connectivity index (χ4n) is 4.29. The van der Waals surface area contributed by atoms with E-state index < -0.39 is 11.6 Å². The van der Waals surface area contributed by atoms with Gasteiger partial charge in [0.25, 0.3) is 0 Å². The third kappa shape index (κ3) is 3.51. The molecular formula is C24H18ClF2N3O. The number of benzene rings is 2.